The molecule has 2 aromatic rings. The number of allylic oxidation sites excluding steroid dienone is 1. The average Bonchev–Trinajstić information content (AvgIpc) is 3.75. The first kappa shape index (κ1) is 29.6. The largest absolute Gasteiger partial charge is 0.481 e. The fraction of sp³-hybridized carbons (Fsp3) is 0.448. The van der Waals surface area contributed by atoms with Crippen LogP contribution in [-0.2, 0) is 19.6 Å². The number of piperidine rings is 1. The number of carboxylic acids is 1. The summed E-state index contributed by atoms with van der Waals surface area (Å²) in [6.07, 6.45) is 3.28. The molecular formula is C29H34Cl2N2O5S. The van der Waals surface area contributed by atoms with Crippen LogP contribution < -0.4 is 0 Å². The Hall–Kier alpha value is -2.39. The Morgan fingerprint density at radius 2 is 1.79 bits per heavy atom. The van der Waals surface area contributed by atoms with Crippen molar-refractivity contribution in [3.8, 4) is 0 Å². The maximum atomic E-state index is 14.5. The van der Waals surface area contributed by atoms with E-state index in [-0.39, 0.29) is 24.8 Å². The fourth-order valence-corrected chi connectivity index (χ4v) is 7.55. The van der Waals surface area contributed by atoms with E-state index in [4.69, 9.17) is 23.2 Å². The van der Waals surface area contributed by atoms with Crippen LogP contribution in [0.4, 0.5) is 0 Å². The van der Waals surface area contributed by atoms with Gasteiger partial charge in [-0.15, -0.1) is 0 Å². The minimum atomic E-state index is -3.51. The molecule has 7 nitrogen and oxygen atoms in total. The normalized spacial score (nSPS) is 24.3. The molecule has 4 rings (SSSR count). The third kappa shape index (κ3) is 6.04. The maximum Gasteiger partial charge on any atom is 0.304 e. The summed E-state index contributed by atoms with van der Waals surface area (Å²) in [6, 6.07) is 14.1. The molecule has 1 N–H and O–H groups in total. The molecule has 1 aliphatic heterocycles. The van der Waals surface area contributed by atoms with Crippen molar-refractivity contribution in [2.45, 2.75) is 63.2 Å². The van der Waals surface area contributed by atoms with E-state index in [1.165, 1.54) is 11.4 Å². The van der Waals surface area contributed by atoms with Crippen molar-refractivity contribution in [3.05, 3.63) is 81.5 Å². The van der Waals surface area contributed by atoms with Gasteiger partial charge in [0.25, 0.3) is 0 Å². The topological polar surface area (TPSA) is 95.0 Å². The van der Waals surface area contributed by atoms with Gasteiger partial charge < -0.3 is 10.0 Å². The number of carbonyl (C=O) groups is 2. The number of carboxylic acid groups (broad SMARTS) is 1. The third-order valence-electron chi connectivity index (χ3n) is 8.00. The number of amides is 1. The third-order valence-corrected chi connectivity index (χ3v) is 10.8. The van der Waals surface area contributed by atoms with Crippen LogP contribution in [0, 0.1) is 5.41 Å². The molecule has 2 aromatic carbocycles. The van der Waals surface area contributed by atoms with Crippen LogP contribution in [0.1, 0.15) is 69.0 Å². The lowest BCUT2D eigenvalue weighted by molar-refractivity contribution is -0.157. The molecule has 1 heterocycles. The van der Waals surface area contributed by atoms with Gasteiger partial charge in [0.15, 0.2) is 0 Å². The molecule has 0 radical (unpaired) electrons. The molecule has 2 fully saturated rings. The zero-order valence-corrected chi connectivity index (χ0v) is 24.6. The summed E-state index contributed by atoms with van der Waals surface area (Å²) in [7, 11) is -1.98. The molecule has 39 heavy (non-hydrogen) atoms. The summed E-state index contributed by atoms with van der Waals surface area (Å²) in [4.78, 5) is 28.2. The number of hydrogen-bond acceptors (Lipinski definition) is 4. The number of carbonyl (C=O) groups excluding carboxylic acids is 1. The van der Waals surface area contributed by atoms with Gasteiger partial charge in [-0.1, -0.05) is 60.5 Å². The van der Waals surface area contributed by atoms with Crippen LogP contribution in [0.5, 0.6) is 0 Å². The first-order valence-corrected chi connectivity index (χ1v) is 15.4. The fourth-order valence-electron chi connectivity index (χ4n) is 5.67. The summed E-state index contributed by atoms with van der Waals surface area (Å²) in [5, 5.41) is 10.6. The lowest BCUT2D eigenvalue weighted by Crippen LogP contribution is -2.54. The van der Waals surface area contributed by atoms with Crippen LogP contribution in [0.25, 0.3) is 0 Å². The summed E-state index contributed by atoms with van der Waals surface area (Å²) in [6.45, 7) is 3.59. The first-order valence-electron chi connectivity index (χ1n) is 13.1. The van der Waals surface area contributed by atoms with E-state index in [0.29, 0.717) is 41.4 Å². The summed E-state index contributed by atoms with van der Waals surface area (Å²) in [5.41, 5.74) is 0.994. The van der Waals surface area contributed by atoms with Crippen LogP contribution >= 0.6 is 23.2 Å². The van der Waals surface area contributed by atoms with Crippen LogP contribution in [0.3, 0.4) is 0 Å². The highest BCUT2D eigenvalue weighted by molar-refractivity contribution is 7.90. The Balaban J connectivity index is 1.91. The summed E-state index contributed by atoms with van der Waals surface area (Å²) >= 11 is 12.6. The number of rotatable bonds is 10. The van der Waals surface area contributed by atoms with Gasteiger partial charge in [-0.2, -0.15) is 4.31 Å². The van der Waals surface area contributed by atoms with Gasteiger partial charge in [0.05, 0.1) is 29.7 Å². The molecular weight excluding hydrogens is 559 g/mol. The number of likely N-dealkylation sites (tertiary alicyclic amines) is 1. The number of benzene rings is 2. The van der Waals surface area contributed by atoms with Gasteiger partial charge in [-0.05, 0) is 68.0 Å². The smallest absolute Gasteiger partial charge is 0.304 e. The highest BCUT2D eigenvalue weighted by Gasteiger charge is 2.53. The Morgan fingerprint density at radius 1 is 1.13 bits per heavy atom. The first-order chi connectivity index (χ1) is 18.4. The summed E-state index contributed by atoms with van der Waals surface area (Å²) < 4.78 is 27.4. The Labute approximate surface area is 240 Å². The van der Waals surface area contributed by atoms with E-state index < -0.39 is 32.7 Å². The van der Waals surface area contributed by atoms with Crippen molar-refractivity contribution in [2.24, 2.45) is 5.41 Å². The van der Waals surface area contributed by atoms with Gasteiger partial charge >= 0.3 is 5.97 Å². The second-order valence-corrected chi connectivity index (χ2v) is 13.7. The molecule has 0 unspecified atom stereocenters. The van der Waals surface area contributed by atoms with Gasteiger partial charge in [0, 0.05) is 28.7 Å². The molecule has 3 atom stereocenters. The maximum absolute atomic E-state index is 14.5. The quantitative estimate of drug-likeness (QED) is 0.352. The van der Waals surface area contributed by atoms with E-state index in [0.717, 1.165) is 11.1 Å². The van der Waals surface area contributed by atoms with Crippen molar-refractivity contribution in [3.63, 3.8) is 0 Å². The predicted octanol–water partition coefficient (Wildman–Crippen LogP) is 6.25. The van der Waals surface area contributed by atoms with Crippen LogP contribution in [0.15, 0.2) is 60.3 Å². The standard InChI is InChI=1S/C29H34Cl2N2O5S/c1-4-23(18-32(3)39(37,38)24-13-14-24)33-27(19-9-11-21(30)12-10-19)25(20-7-6-8-22(31)15-20)16-29(5-2,28(33)36)17-26(34)35/h4,6-12,15,24-25,27H,5,13-14,16-18H2,1-3H3,(H,34,35)/b23-4+/t25-,27-,29-/m1/s1. The molecule has 2 aliphatic rings. The zero-order chi connectivity index (χ0) is 28.5. The summed E-state index contributed by atoms with van der Waals surface area (Å²) in [5.74, 6) is -1.70. The van der Waals surface area contributed by atoms with Crippen LogP contribution in [-0.4, -0.2) is 53.4 Å². The number of nitrogens with zero attached hydrogens (tertiary/aromatic N) is 2. The van der Waals surface area contributed by atoms with Crippen molar-refractivity contribution in [2.75, 3.05) is 13.6 Å². The van der Waals surface area contributed by atoms with Gasteiger partial charge in [0.1, 0.15) is 0 Å². The molecule has 1 amide bonds. The van der Waals surface area contributed by atoms with Crippen LogP contribution in [0.2, 0.25) is 10.0 Å². The van der Waals surface area contributed by atoms with E-state index in [1.807, 2.05) is 37.3 Å². The van der Waals surface area contributed by atoms with Gasteiger partial charge in [0.2, 0.25) is 15.9 Å². The van der Waals surface area contributed by atoms with Crippen molar-refractivity contribution in [1.29, 1.82) is 0 Å². The molecule has 0 spiro atoms. The highest BCUT2D eigenvalue weighted by Crippen LogP contribution is 2.54. The Bertz CT molecular complexity index is 1370. The Kier molecular flexibility index (Phi) is 8.81. The van der Waals surface area contributed by atoms with Crippen molar-refractivity contribution >= 4 is 45.1 Å². The molecule has 1 saturated heterocycles. The molecule has 1 aliphatic carbocycles. The lowest BCUT2D eigenvalue weighted by Gasteiger charge is -2.51. The predicted molar refractivity (Wildman–Crippen MR) is 153 cm³/mol. The minimum absolute atomic E-state index is 0.0136. The van der Waals surface area contributed by atoms with Gasteiger partial charge in [-0.3, -0.25) is 9.59 Å². The number of sulfonamides is 1. The molecule has 0 aromatic heterocycles. The van der Waals surface area contributed by atoms with E-state index in [1.54, 1.807) is 36.1 Å². The van der Waals surface area contributed by atoms with E-state index in [2.05, 4.69) is 0 Å². The second-order valence-electron chi connectivity index (χ2n) is 10.5. The van der Waals surface area contributed by atoms with Crippen molar-refractivity contribution < 1.29 is 23.1 Å². The second kappa shape index (κ2) is 11.6. The number of likely N-dealkylation sites (N-methyl/N-ethyl adjacent to an activating group) is 1. The lowest BCUT2D eigenvalue weighted by atomic mass is 9.65. The van der Waals surface area contributed by atoms with Gasteiger partial charge in [-0.25, -0.2) is 8.42 Å². The molecule has 1 saturated carbocycles. The van der Waals surface area contributed by atoms with Crippen molar-refractivity contribution in [1.82, 2.24) is 9.21 Å². The molecule has 10 heteroatoms. The number of aliphatic carboxylic acids is 1. The number of hydrogen-bond donors (Lipinski definition) is 1. The SMILES string of the molecule is C/C=C(\CN(C)S(=O)(=O)C1CC1)N1C(=O)[C@@](CC)(CC(=O)O)C[C@H](c2cccc(Cl)c2)[C@H]1c1ccc(Cl)cc1. The minimum Gasteiger partial charge on any atom is -0.481 e. The Morgan fingerprint density at radius 3 is 2.33 bits per heavy atom. The molecule has 210 valence electrons. The zero-order valence-electron chi connectivity index (χ0n) is 22.3. The van der Waals surface area contributed by atoms with E-state index in [9.17, 15) is 23.1 Å². The molecule has 0 bridgehead atoms. The monoisotopic (exact) mass is 592 g/mol. The highest BCUT2D eigenvalue weighted by atomic mass is 35.5. The van der Waals surface area contributed by atoms with E-state index >= 15 is 0 Å². The average molecular weight is 594 g/mol. The number of halogens is 2.